The van der Waals surface area contributed by atoms with Crippen LogP contribution in [0.1, 0.15) is 25.0 Å². The van der Waals surface area contributed by atoms with Crippen LogP contribution < -0.4 is 4.90 Å². The van der Waals surface area contributed by atoms with Crippen LogP contribution in [0.2, 0.25) is 0 Å². The fraction of sp³-hybridized carbons (Fsp3) is 0.0577. The number of oxazole rings is 1. The number of hydrogen-bond acceptors (Lipinski definition) is 3. The van der Waals surface area contributed by atoms with E-state index >= 15 is 0 Å². The van der Waals surface area contributed by atoms with Gasteiger partial charge in [-0.3, -0.25) is 0 Å². The Bertz CT molecular complexity index is 3120. The maximum absolute atomic E-state index is 6.52. The van der Waals surface area contributed by atoms with Crippen LogP contribution in [0.3, 0.4) is 0 Å². The van der Waals surface area contributed by atoms with Crippen LogP contribution in [0.5, 0.6) is 0 Å². The van der Waals surface area contributed by atoms with Gasteiger partial charge in [-0.15, -0.1) is 0 Å². The monoisotopic (exact) mass is 704 g/mol. The lowest BCUT2D eigenvalue weighted by Crippen LogP contribution is -2.16. The summed E-state index contributed by atoms with van der Waals surface area (Å²) >= 11 is 0. The van der Waals surface area contributed by atoms with Crippen LogP contribution >= 0.6 is 0 Å². The summed E-state index contributed by atoms with van der Waals surface area (Å²) in [5, 5.41) is 6.93. The number of hydrogen-bond donors (Lipinski definition) is 0. The first-order chi connectivity index (χ1) is 27.0. The summed E-state index contributed by atoms with van der Waals surface area (Å²) in [6, 6.07) is 65.5. The Balaban J connectivity index is 1.04. The standard InChI is InChI=1S/C52H36N2O/c1-52(2)47-19-11-10-17-43(47)44-29-27-40(32-48(44)52)54(39-26-22-33-12-6-7-15-36(33)30-39)38-24-20-34(21-25-38)37-23-28-42-41-16-8-9-18-45(41)50-49(46(42)31-37)53-51(55-50)35-13-4-3-5-14-35/h3-32H,1-2H3. The van der Waals surface area contributed by atoms with E-state index in [-0.39, 0.29) is 5.41 Å². The Morgan fingerprint density at radius 3 is 1.93 bits per heavy atom. The fourth-order valence-electron chi connectivity index (χ4n) is 8.86. The average Bonchev–Trinajstić information content (AvgIpc) is 3.79. The van der Waals surface area contributed by atoms with Crippen molar-refractivity contribution in [1.82, 2.24) is 4.98 Å². The number of rotatable bonds is 5. The largest absolute Gasteiger partial charge is 0.435 e. The van der Waals surface area contributed by atoms with E-state index in [1.165, 1.54) is 38.4 Å². The second-order valence-electron chi connectivity index (χ2n) is 15.2. The van der Waals surface area contributed by atoms with Crippen molar-refractivity contribution in [2.24, 2.45) is 0 Å². The van der Waals surface area contributed by atoms with Gasteiger partial charge in [-0.05, 0) is 110 Å². The van der Waals surface area contributed by atoms with Crippen molar-refractivity contribution in [1.29, 1.82) is 0 Å². The Morgan fingerprint density at radius 1 is 0.436 bits per heavy atom. The third kappa shape index (κ3) is 4.93. The van der Waals surface area contributed by atoms with Crippen molar-refractivity contribution < 1.29 is 4.42 Å². The van der Waals surface area contributed by atoms with Gasteiger partial charge in [-0.25, -0.2) is 4.98 Å². The van der Waals surface area contributed by atoms with Gasteiger partial charge in [0.2, 0.25) is 5.89 Å². The van der Waals surface area contributed by atoms with E-state index in [1.54, 1.807) is 0 Å². The molecule has 1 aliphatic carbocycles. The zero-order chi connectivity index (χ0) is 36.7. The molecule has 0 bridgehead atoms. The van der Waals surface area contributed by atoms with Crippen LogP contribution in [0.25, 0.3) is 77.1 Å². The van der Waals surface area contributed by atoms with Gasteiger partial charge in [0.1, 0.15) is 5.52 Å². The third-order valence-electron chi connectivity index (χ3n) is 11.7. The highest BCUT2D eigenvalue weighted by Crippen LogP contribution is 2.51. The zero-order valence-electron chi connectivity index (χ0n) is 30.6. The highest BCUT2D eigenvalue weighted by atomic mass is 16.3. The van der Waals surface area contributed by atoms with Gasteiger partial charge in [-0.2, -0.15) is 0 Å². The molecule has 0 spiro atoms. The Kier molecular flexibility index (Phi) is 6.90. The van der Waals surface area contributed by atoms with Crippen molar-refractivity contribution in [3.8, 4) is 33.7 Å². The fourth-order valence-corrected chi connectivity index (χ4v) is 8.86. The van der Waals surface area contributed by atoms with Crippen molar-refractivity contribution in [2.45, 2.75) is 19.3 Å². The Morgan fingerprint density at radius 2 is 1.07 bits per heavy atom. The van der Waals surface area contributed by atoms with E-state index in [1.807, 2.05) is 30.3 Å². The maximum Gasteiger partial charge on any atom is 0.227 e. The van der Waals surface area contributed by atoms with E-state index in [9.17, 15) is 0 Å². The predicted octanol–water partition coefficient (Wildman–Crippen LogP) is 14.4. The first-order valence-corrected chi connectivity index (χ1v) is 19.0. The summed E-state index contributed by atoms with van der Waals surface area (Å²) < 4.78 is 6.52. The lowest BCUT2D eigenvalue weighted by atomic mass is 9.82. The van der Waals surface area contributed by atoms with Crippen LogP contribution in [0.4, 0.5) is 17.1 Å². The molecule has 0 radical (unpaired) electrons. The van der Waals surface area contributed by atoms with Crippen molar-refractivity contribution in [3.63, 3.8) is 0 Å². The van der Waals surface area contributed by atoms with Crippen LogP contribution in [0, 0.1) is 0 Å². The topological polar surface area (TPSA) is 29.3 Å². The van der Waals surface area contributed by atoms with Gasteiger partial charge >= 0.3 is 0 Å². The molecular weight excluding hydrogens is 669 g/mol. The number of benzene rings is 9. The first-order valence-electron chi connectivity index (χ1n) is 19.0. The second-order valence-corrected chi connectivity index (χ2v) is 15.2. The molecule has 1 heterocycles. The minimum Gasteiger partial charge on any atom is -0.435 e. The molecule has 0 atom stereocenters. The molecule has 0 unspecified atom stereocenters. The molecule has 0 amide bonds. The number of anilines is 3. The molecule has 3 nitrogen and oxygen atoms in total. The Labute approximate surface area is 319 Å². The number of nitrogens with zero attached hydrogens (tertiary/aromatic N) is 2. The maximum atomic E-state index is 6.52. The molecule has 260 valence electrons. The lowest BCUT2D eigenvalue weighted by molar-refractivity contribution is 0.623. The Hall–Kier alpha value is -6.97. The van der Waals surface area contributed by atoms with Crippen LogP contribution in [0.15, 0.2) is 186 Å². The van der Waals surface area contributed by atoms with Gasteiger partial charge in [0.05, 0.1) is 0 Å². The molecule has 0 N–H and O–H groups in total. The average molecular weight is 705 g/mol. The SMILES string of the molecule is CC1(C)c2ccccc2-c2ccc(N(c3ccc(-c4ccc5c6ccccc6c6oc(-c7ccccc7)nc6c5c4)cc3)c3ccc4ccccc4c3)cc21. The van der Waals surface area contributed by atoms with E-state index in [2.05, 4.69) is 170 Å². The van der Waals surface area contributed by atoms with Gasteiger partial charge in [-0.1, -0.05) is 141 Å². The van der Waals surface area contributed by atoms with E-state index in [4.69, 9.17) is 9.40 Å². The second kappa shape index (κ2) is 12.0. The molecule has 0 saturated carbocycles. The summed E-state index contributed by atoms with van der Waals surface area (Å²) in [6.45, 7) is 4.69. The summed E-state index contributed by atoms with van der Waals surface area (Å²) in [5.41, 5.74) is 13.6. The third-order valence-corrected chi connectivity index (χ3v) is 11.7. The van der Waals surface area contributed by atoms with E-state index < -0.39 is 0 Å². The molecule has 1 aliphatic rings. The first kappa shape index (κ1) is 31.5. The summed E-state index contributed by atoms with van der Waals surface area (Å²) in [5.74, 6) is 0.635. The summed E-state index contributed by atoms with van der Waals surface area (Å²) in [6.07, 6.45) is 0. The molecule has 0 aliphatic heterocycles. The molecule has 11 rings (SSSR count). The van der Waals surface area contributed by atoms with Crippen LogP contribution in [-0.4, -0.2) is 4.98 Å². The highest BCUT2D eigenvalue weighted by Gasteiger charge is 2.35. The molecule has 10 aromatic rings. The van der Waals surface area contributed by atoms with Gasteiger partial charge in [0.25, 0.3) is 0 Å². The quantitative estimate of drug-likeness (QED) is 0.167. The molecular formula is C52H36N2O. The molecule has 0 saturated heterocycles. The van der Waals surface area contributed by atoms with Crippen molar-refractivity contribution >= 4 is 60.5 Å². The van der Waals surface area contributed by atoms with Crippen molar-refractivity contribution in [2.75, 3.05) is 4.90 Å². The lowest BCUT2D eigenvalue weighted by Gasteiger charge is -2.28. The number of aromatic nitrogens is 1. The van der Waals surface area contributed by atoms with E-state index in [0.717, 1.165) is 61.0 Å². The van der Waals surface area contributed by atoms with Gasteiger partial charge < -0.3 is 9.32 Å². The van der Waals surface area contributed by atoms with Gasteiger partial charge in [0, 0.05) is 38.8 Å². The molecule has 0 fully saturated rings. The summed E-state index contributed by atoms with van der Waals surface area (Å²) in [4.78, 5) is 7.49. The smallest absolute Gasteiger partial charge is 0.227 e. The van der Waals surface area contributed by atoms with Gasteiger partial charge in [0.15, 0.2) is 5.58 Å². The molecule has 1 aromatic heterocycles. The summed E-state index contributed by atoms with van der Waals surface area (Å²) in [7, 11) is 0. The minimum absolute atomic E-state index is 0.0978. The van der Waals surface area contributed by atoms with Crippen LogP contribution in [-0.2, 0) is 5.41 Å². The highest BCUT2D eigenvalue weighted by molar-refractivity contribution is 6.23. The molecule has 3 heteroatoms. The zero-order valence-corrected chi connectivity index (χ0v) is 30.6. The predicted molar refractivity (Wildman–Crippen MR) is 230 cm³/mol. The number of fused-ring (bicyclic) bond motifs is 10. The molecule has 55 heavy (non-hydrogen) atoms. The van der Waals surface area contributed by atoms with Crippen molar-refractivity contribution in [3.05, 3.63) is 193 Å². The molecule has 9 aromatic carbocycles. The normalized spacial score (nSPS) is 13.1. The minimum atomic E-state index is -0.0978. The van der Waals surface area contributed by atoms with E-state index in [0.29, 0.717) is 5.89 Å².